The Hall–Kier alpha value is -1.19. The Kier molecular flexibility index (Phi) is 4.50. The van der Waals surface area contributed by atoms with Crippen molar-refractivity contribution < 1.29 is 0 Å². The first-order valence-corrected chi connectivity index (χ1v) is 6.95. The van der Waals surface area contributed by atoms with Gasteiger partial charge in [0.2, 0.25) is 0 Å². The van der Waals surface area contributed by atoms with Gasteiger partial charge in [-0.1, -0.05) is 31.2 Å². The SMILES string of the molecule is C=CCC(NCC)c1nc2ccccc2cc1Br. The summed E-state index contributed by atoms with van der Waals surface area (Å²) in [7, 11) is 0. The van der Waals surface area contributed by atoms with E-state index in [0.717, 1.165) is 34.0 Å². The van der Waals surface area contributed by atoms with Crippen LogP contribution >= 0.6 is 15.9 Å². The lowest BCUT2D eigenvalue weighted by Gasteiger charge is -2.17. The summed E-state index contributed by atoms with van der Waals surface area (Å²) in [5, 5.41) is 4.60. The van der Waals surface area contributed by atoms with Gasteiger partial charge in [-0.3, -0.25) is 0 Å². The molecule has 3 heteroatoms. The van der Waals surface area contributed by atoms with Crippen LogP contribution < -0.4 is 5.32 Å². The first kappa shape index (κ1) is 13.2. The molecule has 1 N–H and O–H groups in total. The number of halogens is 1. The van der Waals surface area contributed by atoms with E-state index in [-0.39, 0.29) is 6.04 Å². The van der Waals surface area contributed by atoms with Gasteiger partial charge in [-0.05, 0) is 41.0 Å². The Bertz CT molecular complexity index is 551. The molecule has 1 atom stereocenters. The highest BCUT2D eigenvalue weighted by Crippen LogP contribution is 2.27. The van der Waals surface area contributed by atoms with E-state index in [2.05, 4.69) is 46.9 Å². The van der Waals surface area contributed by atoms with E-state index in [1.807, 2.05) is 24.3 Å². The van der Waals surface area contributed by atoms with E-state index < -0.39 is 0 Å². The standard InChI is InChI=1S/C15H17BrN2/c1-3-7-14(17-4-2)15-12(16)10-11-8-5-6-9-13(11)18-15/h3,5-6,8-10,14,17H,1,4,7H2,2H3. The van der Waals surface area contributed by atoms with E-state index >= 15 is 0 Å². The zero-order chi connectivity index (χ0) is 13.0. The second-order valence-corrected chi connectivity index (χ2v) is 5.04. The maximum atomic E-state index is 4.76. The van der Waals surface area contributed by atoms with Crippen LogP contribution in [-0.4, -0.2) is 11.5 Å². The molecule has 94 valence electrons. The van der Waals surface area contributed by atoms with Crippen LogP contribution in [0.5, 0.6) is 0 Å². The normalized spacial score (nSPS) is 12.6. The summed E-state index contributed by atoms with van der Waals surface area (Å²) < 4.78 is 1.05. The molecule has 2 aromatic rings. The van der Waals surface area contributed by atoms with Crippen molar-refractivity contribution in [3.63, 3.8) is 0 Å². The molecule has 0 aliphatic carbocycles. The number of benzene rings is 1. The van der Waals surface area contributed by atoms with Gasteiger partial charge in [0.05, 0.1) is 17.3 Å². The smallest absolute Gasteiger partial charge is 0.0725 e. The lowest BCUT2D eigenvalue weighted by Crippen LogP contribution is -2.21. The molecule has 2 nitrogen and oxygen atoms in total. The maximum absolute atomic E-state index is 4.76. The van der Waals surface area contributed by atoms with Gasteiger partial charge >= 0.3 is 0 Å². The molecule has 1 heterocycles. The van der Waals surface area contributed by atoms with Crippen molar-refractivity contribution >= 4 is 26.8 Å². The molecule has 1 aromatic heterocycles. The number of para-hydroxylation sites is 1. The van der Waals surface area contributed by atoms with Crippen molar-refractivity contribution in [3.8, 4) is 0 Å². The average molecular weight is 305 g/mol. The molecule has 1 unspecified atom stereocenters. The predicted molar refractivity (Wildman–Crippen MR) is 80.7 cm³/mol. The highest BCUT2D eigenvalue weighted by molar-refractivity contribution is 9.10. The van der Waals surface area contributed by atoms with Gasteiger partial charge in [0.25, 0.3) is 0 Å². The van der Waals surface area contributed by atoms with Crippen LogP contribution in [-0.2, 0) is 0 Å². The number of nitrogens with zero attached hydrogens (tertiary/aromatic N) is 1. The zero-order valence-electron chi connectivity index (χ0n) is 10.5. The van der Waals surface area contributed by atoms with Gasteiger partial charge in [-0.25, -0.2) is 4.98 Å². The molecule has 0 aliphatic rings. The summed E-state index contributed by atoms with van der Waals surface area (Å²) in [5.41, 5.74) is 2.08. The third-order valence-corrected chi connectivity index (χ3v) is 3.52. The quantitative estimate of drug-likeness (QED) is 0.836. The fourth-order valence-electron chi connectivity index (χ4n) is 2.05. The third-order valence-electron chi connectivity index (χ3n) is 2.89. The predicted octanol–water partition coefficient (Wildman–Crippen LogP) is 4.22. The van der Waals surface area contributed by atoms with Gasteiger partial charge < -0.3 is 5.32 Å². The summed E-state index contributed by atoms with van der Waals surface area (Å²) >= 11 is 3.62. The monoisotopic (exact) mass is 304 g/mol. The second-order valence-electron chi connectivity index (χ2n) is 4.18. The molecular weight excluding hydrogens is 288 g/mol. The summed E-state index contributed by atoms with van der Waals surface area (Å²) in [6, 6.07) is 10.5. The van der Waals surface area contributed by atoms with Crippen molar-refractivity contribution in [2.24, 2.45) is 0 Å². The number of hydrogen-bond donors (Lipinski definition) is 1. The van der Waals surface area contributed by atoms with Crippen LogP contribution in [0.15, 0.2) is 47.5 Å². The largest absolute Gasteiger partial charge is 0.309 e. The Morgan fingerprint density at radius 3 is 2.94 bits per heavy atom. The van der Waals surface area contributed by atoms with Crippen LogP contribution in [0.3, 0.4) is 0 Å². The fraction of sp³-hybridized carbons (Fsp3) is 0.267. The Labute approximate surface area is 116 Å². The minimum absolute atomic E-state index is 0.214. The van der Waals surface area contributed by atoms with E-state index in [0.29, 0.717) is 0 Å². The van der Waals surface area contributed by atoms with Gasteiger partial charge in [0, 0.05) is 9.86 Å². The van der Waals surface area contributed by atoms with E-state index in [1.54, 1.807) is 0 Å². The number of hydrogen-bond acceptors (Lipinski definition) is 2. The molecule has 0 amide bonds. The van der Waals surface area contributed by atoms with Crippen molar-refractivity contribution in [1.29, 1.82) is 0 Å². The van der Waals surface area contributed by atoms with Crippen molar-refractivity contribution in [2.45, 2.75) is 19.4 Å². The van der Waals surface area contributed by atoms with Crippen molar-refractivity contribution in [1.82, 2.24) is 10.3 Å². The molecular formula is C15H17BrN2. The summed E-state index contributed by atoms with van der Waals surface area (Å²) in [6.45, 7) is 6.84. The summed E-state index contributed by atoms with van der Waals surface area (Å²) in [5.74, 6) is 0. The lowest BCUT2D eigenvalue weighted by molar-refractivity contribution is 0.545. The lowest BCUT2D eigenvalue weighted by atomic mass is 10.1. The molecule has 0 fully saturated rings. The van der Waals surface area contributed by atoms with Gasteiger partial charge in [-0.15, -0.1) is 6.58 Å². The zero-order valence-corrected chi connectivity index (χ0v) is 12.1. The molecule has 0 saturated carbocycles. The van der Waals surface area contributed by atoms with Gasteiger partial charge in [0.1, 0.15) is 0 Å². The number of nitrogens with one attached hydrogen (secondary N) is 1. The number of fused-ring (bicyclic) bond motifs is 1. The third kappa shape index (κ3) is 2.79. The van der Waals surface area contributed by atoms with Crippen LogP contribution in [0.2, 0.25) is 0 Å². The van der Waals surface area contributed by atoms with Crippen LogP contribution in [0.4, 0.5) is 0 Å². The Morgan fingerprint density at radius 1 is 1.44 bits per heavy atom. The highest BCUT2D eigenvalue weighted by atomic mass is 79.9. The van der Waals surface area contributed by atoms with E-state index in [4.69, 9.17) is 4.98 Å². The molecule has 1 aromatic carbocycles. The molecule has 2 rings (SSSR count). The molecule has 0 spiro atoms. The first-order valence-electron chi connectivity index (χ1n) is 6.15. The molecule has 0 bridgehead atoms. The highest BCUT2D eigenvalue weighted by Gasteiger charge is 2.14. The maximum Gasteiger partial charge on any atom is 0.0725 e. The van der Waals surface area contributed by atoms with Crippen LogP contribution in [0, 0.1) is 0 Å². The van der Waals surface area contributed by atoms with Crippen molar-refractivity contribution in [3.05, 3.63) is 53.2 Å². The van der Waals surface area contributed by atoms with Crippen molar-refractivity contribution in [2.75, 3.05) is 6.54 Å². The second kappa shape index (κ2) is 6.12. The number of rotatable bonds is 5. The minimum Gasteiger partial charge on any atom is -0.309 e. The van der Waals surface area contributed by atoms with Crippen LogP contribution in [0.1, 0.15) is 25.1 Å². The van der Waals surface area contributed by atoms with Gasteiger partial charge in [-0.2, -0.15) is 0 Å². The molecule has 0 radical (unpaired) electrons. The van der Waals surface area contributed by atoms with E-state index in [1.165, 1.54) is 0 Å². The Balaban J connectivity index is 2.47. The molecule has 0 saturated heterocycles. The number of aromatic nitrogens is 1. The summed E-state index contributed by atoms with van der Waals surface area (Å²) in [4.78, 5) is 4.76. The van der Waals surface area contributed by atoms with Gasteiger partial charge in [0.15, 0.2) is 0 Å². The fourth-order valence-corrected chi connectivity index (χ4v) is 2.67. The minimum atomic E-state index is 0.214. The Morgan fingerprint density at radius 2 is 2.22 bits per heavy atom. The summed E-state index contributed by atoms with van der Waals surface area (Å²) in [6.07, 6.45) is 2.80. The van der Waals surface area contributed by atoms with E-state index in [9.17, 15) is 0 Å². The molecule has 0 aliphatic heterocycles. The topological polar surface area (TPSA) is 24.9 Å². The molecule has 18 heavy (non-hydrogen) atoms. The first-order chi connectivity index (χ1) is 8.76. The van der Waals surface area contributed by atoms with Crippen LogP contribution in [0.25, 0.3) is 10.9 Å². The number of pyridine rings is 1. The average Bonchev–Trinajstić information content (AvgIpc) is 2.38.